The Morgan fingerprint density at radius 1 is 1.24 bits per heavy atom. The van der Waals surface area contributed by atoms with Crippen molar-refractivity contribution in [1.82, 2.24) is 20.1 Å². The second kappa shape index (κ2) is 7.35. The number of aryl methyl sites for hydroxylation is 1. The quantitative estimate of drug-likeness (QED) is 0.759. The van der Waals surface area contributed by atoms with Gasteiger partial charge < -0.3 is 5.32 Å². The summed E-state index contributed by atoms with van der Waals surface area (Å²) < 4.78 is 14.3. The van der Waals surface area contributed by atoms with E-state index in [9.17, 15) is 14.0 Å². The van der Waals surface area contributed by atoms with Gasteiger partial charge in [0.05, 0.1) is 17.2 Å². The highest BCUT2D eigenvalue weighted by Crippen LogP contribution is 2.15. The summed E-state index contributed by atoms with van der Waals surface area (Å²) in [6.45, 7) is 2.30. The van der Waals surface area contributed by atoms with Gasteiger partial charge in [-0.3, -0.25) is 9.59 Å². The zero-order chi connectivity index (χ0) is 17.8. The van der Waals surface area contributed by atoms with Crippen LogP contribution in [0.1, 0.15) is 15.5 Å². The maximum Gasteiger partial charge on any atom is 0.270 e. The van der Waals surface area contributed by atoms with E-state index in [2.05, 4.69) is 15.4 Å². The van der Waals surface area contributed by atoms with Crippen molar-refractivity contribution in [3.63, 3.8) is 0 Å². The number of aromatic nitrogens is 3. The summed E-state index contributed by atoms with van der Waals surface area (Å²) in [6, 6.07) is 8.85. The number of hydrogen-bond acceptors (Lipinski definition) is 5. The third-order valence-corrected chi connectivity index (χ3v) is 4.24. The van der Waals surface area contributed by atoms with E-state index in [0.717, 1.165) is 5.01 Å². The molecule has 2 aromatic heterocycles. The first-order chi connectivity index (χ1) is 12.0. The van der Waals surface area contributed by atoms with Crippen LogP contribution in [-0.2, 0) is 6.54 Å². The highest BCUT2D eigenvalue weighted by atomic mass is 32.1. The van der Waals surface area contributed by atoms with E-state index >= 15 is 0 Å². The maximum absolute atomic E-state index is 13.0. The topological polar surface area (TPSA) is 76.9 Å². The summed E-state index contributed by atoms with van der Waals surface area (Å²) in [6.07, 6.45) is 0. The Morgan fingerprint density at radius 3 is 2.68 bits per heavy atom. The minimum absolute atomic E-state index is 0.225. The molecule has 0 bridgehead atoms. The second-order valence-corrected chi connectivity index (χ2v) is 6.36. The highest BCUT2D eigenvalue weighted by Gasteiger charge is 2.09. The predicted molar refractivity (Wildman–Crippen MR) is 93.1 cm³/mol. The molecule has 0 aliphatic heterocycles. The number of benzene rings is 1. The Kier molecular flexibility index (Phi) is 4.99. The van der Waals surface area contributed by atoms with Gasteiger partial charge >= 0.3 is 0 Å². The lowest BCUT2D eigenvalue weighted by atomic mass is 10.1. The van der Waals surface area contributed by atoms with E-state index in [4.69, 9.17) is 0 Å². The van der Waals surface area contributed by atoms with Crippen LogP contribution in [0.4, 0.5) is 4.39 Å². The molecule has 0 unspecified atom stereocenters. The van der Waals surface area contributed by atoms with Crippen LogP contribution in [0.2, 0.25) is 0 Å². The maximum atomic E-state index is 13.0. The average Bonchev–Trinajstić information content (AvgIpc) is 3.04. The Hall–Kier alpha value is -2.87. The number of carbonyl (C=O) groups is 1. The van der Waals surface area contributed by atoms with Crippen LogP contribution in [0.5, 0.6) is 0 Å². The Bertz CT molecular complexity index is 950. The van der Waals surface area contributed by atoms with Crippen molar-refractivity contribution in [2.24, 2.45) is 0 Å². The van der Waals surface area contributed by atoms with Gasteiger partial charge in [-0.15, -0.1) is 11.3 Å². The molecule has 3 rings (SSSR count). The molecule has 0 aliphatic rings. The van der Waals surface area contributed by atoms with Crippen molar-refractivity contribution < 1.29 is 9.18 Å². The van der Waals surface area contributed by atoms with Crippen molar-refractivity contribution in [2.45, 2.75) is 13.5 Å². The van der Waals surface area contributed by atoms with E-state index < -0.39 is 0 Å². The summed E-state index contributed by atoms with van der Waals surface area (Å²) >= 11 is 1.40. The Labute approximate surface area is 147 Å². The smallest absolute Gasteiger partial charge is 0.270 e. The molecule has 0 aliphatic carbocycles. The Morgan fingerprint density at radius 2 is 2.00 bits per heavy atom. The van der Waals surface area contributed by atoms with Crippen molar-refractivity contribution in [2.75, 3.05) is 6.54 Å². The molecule has 25 heavy (non-hydrogen) atoms. The van der Waals surface area contributed by atoms with Crippen molar-refractivity contribution in [3.8, 4) is 11.3 Å². The van der Waals surface area contributed by atoms with Crippen LogP contribution >= 0.6 is 11.3 Å². The fraction of sp³-hybridized carbons (Fsp3) is 0.176. The van der Waals surface area contributed by atoms with Gasteiger partial charge in [-0.1, -0.05) is 0 Å². The molecular formula is C17H15FN4O2S. The number of thiazole rings is 1. The molecular weight excluding hydrogens is 343 g/mol. The van der Waals surface area contributed by atoms with Gasteiger partial charge in [-0.05, 0) is 37.3 Å². The van der Waals surface area contributed by atoms with E-state index in [1.165, 1.54) is 34.2 Å². The molecule has 0 saturated carbocycles. The van der Waals surface area contributed by atoms with E-state index in [1.54, 1.807) is 23.6 Å². The zero-order valence-electron chi connectivity index (χ0n) is 13.4. The molecule has 0 fully saturated rings. The van der Waals surface area contributed by atoms with Crippen molar-refractivity contribution in [3.05, 3.63) is 68.7 Å². The summed E-state index contributed by atoms with van der Waals surface area (Å²) in [5.41, 5.74) is 1.35. The molecule has 0 radical (unpaired) electrons. The molecule has 0 saturated heterocycles. The van der Waals surface area contributed by atoms with Crippen LogP contribution in [0.15, 0.2) is 46.6 Å². The first-order valence-electron chi connectivity index (χ1n) is 7.57. The van der Waals surface area contributed by atoms with Gasteiger partial charge in [-0.25, -0.2) is 14.1 Å². The van der Waals surface area contributed by atoms with Crippen LogP contribution in [-0.4, -0.2) is 27.2 Å². The van der Waals surface area contributed by atoms with Crippen LogP contribution in [0.3, 0.4) is 0 Å². The summed E-state index contributed by atoms with van der Waals surface area (Å²) in [5.74, 6) is -0.621. The number of rotatable bonds is 5. The summed E-state index contributed by atoms with van der Waals surface area (Å²) in [7, 11) is 0. The minimum Gasteiger partial charge on any atom is -0.349 e. The fourth-order valence-corrected chi connectivity index (χ4v) is 2.81. The first kappa shape index (κ1) is 17.0. The summed E-state index contributed by atoms with van der Waals surface area (Å²) in [5, 5.41) is 9.47. The Balaban J connectivity index is 1.68. The zero-order valence-corrected chi connectivity index (χ0v) is 14.2. The normalized spacial score (nSPS) is 10.6. The molecule has 0 atom stereocenters. The molecule has 6 nitrogen and oxygen atoms in total. The fourth-order valence-electron chi connectivity index (χ4n) is 2.22. The van der Waals surface area contributed by atoms with E-state index in [0.29, 0.717) is 17.0 Å². The lowest BCUT2D eigenvalue weighted by Crippen LogP contribution is -2.32. The van der Waals surface area contributed by atoms with Crippen molar-refractivity contribution >= 4 is 17.2 Å². The molecule has 3 aromatic rings. The van der Waals surface area contributed by atoms with E-state index in [1.807, 2.05) is 6.92 Å². The molecule has 0 spiro atoms. The minimum atomic E-state index is -0.336. The van der Waals surface area contributed by atoms with Crippen LogP contribution < -0.4 is 10.9 Å². The van der Waals surface area contributed by atoms with Gasteiger partial charge in [0.1, 0.15) is 11.5 Å². The average molecular weight is 358 g/mol. The third-order valence-electron chi connectivity index (χ3n) is 3.47. The molecule has 8 heteroatoms. The monoisotopic (exact) mass is 358 g/mol. The lowest BCUT2D eigenvalue weighted by Gasteiger charge is -2.08. The molecule has 1 amide bonds. The van der Waals surface area contributed by atoms with Gasteiger partial charge in [0.15, 0.2) is 0 Å². The highest BCUT2D eigenvalue weighted by molar-refractivity contribution is 7.09. The van der Waals surface area contributed by atoms with Crippen LogP contribution in [0, 0.1) is 12.7 Å². The number of nitrogens with zero attached hydrogens (tertiary/aromatic N) is 3. The number of halogens is 1. The molecule has 128 valence electrons. The number of nitrogens with one attached hydrogen (secondary N) is 1. The van der Waals surface area contributed by atoms with Gasteiger partial charge in [0.2, 0.25) is 0 Å². The second-order valence-electron chi connectivity index (χ2n) is 5.29. The molecule has 2 heterocycles. The largest absolute Gasteiger partial charge is 0.349 e. The number of amides is 1. The molecule has 1 N–H and O–H groups in total. The molecule has 1 aromatic carbocycles. The van der Waals surface area contributed by atoms with Crippen LogP contribution in [0.25, 0.3) is 11.3 Å². The predicted octanol–water partition coefficient (Wildman–Crippen LogP) is 2.24. The van der Waals surface area contributed by atoms with Gasteiger partial charge in [-0.2, -0.15) is 5.10 Å². The van der Waals surface area contributed by atoms with Crippen molar-refractivity contribution in [1.29, 1.82) is 0 Å². The van der Waals surface area contributed by atoms with Gasteiger partial charge in [0, 0.05) is 23.6 Å². The lowest BCUT2D eigenvalue weighted by molar-refractivity contribution is 0.0947. The summed E-state index contributed by atoms with van der Waals surface area (Å²) in [4.78, 5) is 28.0. The number of carbonyl (C=O) groups excluding carboxylic acids is 1. The SMILES string of the molecule is Cc1nc(C(=O)NCCn2nc(-c3ccc(F)cc3)ccc2=O)cs1. The standard InChI is InChI=1S/C17H15FN4O2S/c1-11-20-15(10-25-11)17(24)19-8-9-22-16(23)7-6-14(21-22)12-2-4-13(18)5-3-12/h2-7,10H,8-9H2,1H3,(H,19,24). The van der Waals surface area contributed by atoms with Gasteiger partial charge in [0.25, 0.3) is 11.5 Å². The van der Waals surface area contributed by atoms with E-state index in [-0.39, 0.29) is 30.4 Å². The first-order valence-corrected chi connectivity index (χ1v) is 8.45. The third kappa shape index (κ3) is 4.16. The number of hydrogen-bond donors (Lipinski definition) is 1.